The molecule has 0 bridgehead atoms. The zero-order chi connectivity index (χ0) is 18.2. The number of hydrogen-bond donors (Lipinski definition) is 1. The monoisotopic (exact) mass is 477 g/mol. The van der Waals surface area contributed by atoms with E-state index >= 15 is 0 Å². The second-order valence-corrected chi connectivity index (χ2v) is 6.27. The zero-order valence-corrected chi connectivity index (χ0v) is 18.1. The van der Waals surface area contributed by atoms with E-state index in [9.17, 15) is 9.18 Å². The SMILES string of the molecule is CCNC(=NCc1ccc(F)c(C)c1)N1CCC(C(=O)OCC)CC1.I. The van der Waals surface area contributed by atoms with Gasteiger partial charge in [0.2, 0.25) is 0 Å². The lowest BCUT2D eigenvalue weighted by atomic mass is 9.97. The standard InChI is InChI=1S/C19H28FN3O2.HI/c1-4-21-19(22-13-15-6-7-17(20)14(3)12-15)23-10-8-16(9-11-23)18(24)25-5-2;/h6-7,12,16H,4-5,8-11,13H2,1-3H3,(H,21,22);1H. The van der Waals surface area contributed by atoms with Gasteiger partial charge in [-0.3, -0.25) is 4.79 Å². The second-order valence-electron chi connectivity index (χ2n) is 6.27. The predicted molar refractivity (Wildman–Crippen MR) is 112 cm³/mol. The van der Waals surface area contributed by atoms with Gasteiger partial charge < -0.3 is 15.0 Å². The molecule has 0 spiro atoms. The number of piperidine rings is 1. The van der Waals surface area contributed by atoms with E-state index in [4.69, 9.17) is 4.74 Å². The van der Waals surface area contributed by atoms with Gasteiger partial charge in [-0.05, 0) is 50.8 Å². The van der Waals surface area contributed by atoms with Gasteiger partial charge in [-0.15, -0.1) is 24.0 Å². The van der Waals surface area contributed by atoms with Gasteiger partial charge >= 0.3 is 5.97 Å². The molecular formula is C19H29FIN3O2. The first-order valence-corrected chi connectivity index (χ1v) is 9.00. The minimum absolute atomic E-state index is 0. The summed E-state index contributed by atoms with van der Waals surface area (Å²) in [5.41, 5.74) is 1.61. The van der Waals surface area contributed by atoms with Gasteiger partial charge in [0.15, 0.2) is 5.96 Å². The third-order valence-corrected chi connectivity index (χ3v) is 4.38. The molecule has 0 aliphatic carbocycles. The van der Waals surface area contributed by atoms with Crippen LogP contribution in [0.2, 0.25) is 0 Å². The molecule has 1 heterocycles. The zero-order valence-electron chi connectivity index (χ0n) is 15.8. The smallest absolute Gasteiger partial charge is 0.309 e. The van der Waals surface area contributed by atoms with Crippen LogP contribution in [0.1, 0.15) is 37.8 Å². The molecule has 1 saturated heterocycles. The van der Waals surface area contributed by atoms with Crippen molar-refractivity contribution < 1.29 is 13.9 Å². The molecule has 1 aliphatic heterocycles. The molecule has 0 amide bonds. The molecule has 0 aromatic heterocycles. The first kappa shape index (κ1) is 22.7. The fourth-order valence-electron chi connectivity index (χ4n) is 2.98. The summed E-state index contributed by atoms with van der Waals surface area (Å²) in [6.07, 6.45) is 1.55. The molecule has 5 nitrogen and oxygen atoms in total. The van der Waals surface area contributed by atoms with Gasteiger partial charge in [0.25, 0.3) is 0 Å². The molecule has 0 unspecified atom stereocenters. The molecule has 146 valence electrons. The van der Waals surface area contributed by atoms with Gasteiger partial charge in [0.05, 0.1) is 19.1 Å². The topological polar surface area (TPSA) is 53.9 Å². The number of nitrogens with one attached hydrogen (secondary N) is 1. The van der Waals surface area contributed by atoms with Gasteiger partial charge in [-0.25, -0.2) is 9.38 Å². The Morgan fingerprint density at radius 2 is 2.04 bits per heavy atom. The van der Waals surface area contributed by atoms with Crippen LogP contribution in [-0.2, 0) is 16.1 Å². The van der Waals surface area contributed by atoms with Crippen molar-refractivity contribution in [2.75, 3.05) is 26.2 Å². The fourth-order valence-corrected chi connectivity index (χ4v) is 2.98. The van der Waals surface area contributed by atoms with Crippen LogP contribution in [0.25, 0.3) is 0 Å². The summed E-state index contributed by atoms with van der Waals surface area (Å²) in [5, 5.41) is 3.30. The Hall–Kier alpha value is -1.38. The molecule has 0 radical (unpaired) electrons. The second kappa shape index (κ2) is 11.4. The van der Waals surface area contributed by atoms with Crippen LogP contribution >= 0.6 is 24.0 Å². The van der Waals surface area contributed by atoms with Gasteiger partial charge in [-0.1, -0.05) is 12.1 Å². The number of carbonyl (C=O) groups excluding carboxylic acids is 1. The third-order valence-electron chi connectivity index (χ3n) is 4.38. The average Bonchev–Trinajstić information content (AvgIpc) is 2.62. The van der Waals surface area contributed by atoms with Crippen LogP contribution in [-0.4, -0.2) is 43.1 Å². The number of esters is 1. The Kier molecular flexibility index (Phi) is 9.90. The highest BCUT2D eigenvalue weighted by atomic mass is 127. The predicted octanol–water partition coefficient (Wildman–Crippen LogP) is 3.49. The number of aryl methyl sites for hydroxylation is 1. The summed E-state index contributed by atoms with van der Waals surface area (Å²) in [4.78, 5) is 18.7. The number of likely N-dealkylation sites (tertiary alicyclic amines) is 1. The first-order valence-electron chi connectivity index (χ1n) is 9.00. The van der Waals surface area contributed by atoms with E-state index in [0.29, 0.717) is 18.7 Å². The first-order chi connectivity index (χ1) is 12.0. The number of halogens is 2. The number of aliphatic imine (C=N–C) groups is 1. The molecule has 1 N–H and O–H groups in total. The Labute approximate surface area is 172 Å². The van der Waals surface area contributed by atoms with Crippen LogP contribution in [0.15, 0.2) is 23.2 Å². The van der Waals surface area contributed by atoms with Crippen molar-refractivity contribution in [1.29, 1.82) is 0 Å². The lowest BCUT2D eigenvalue weighted by Gasteiger charge is -2.33. The lowest BCUT2D eigenvalue weighted by Crippen LogP contribution is -2.46. The van der Waals surface area contributed by atoms with Crippen LogP contribution < -0.4 is 5.32 Å². The summed E-state index contributed by atoms with van der Waals surface area (Å²) in [5.74, 6) is 0.539. The van der Waals surface area contributed by atoms with Gasteiger partial charge in [0.1, 0.15) is 5.82 Å². The van der Waals surface area contributed by atoms with Crippen LogP contribution in [0.4, 0.5) is 4.39 Å². The Morgan fingerprint density at radius 1 is 1.35 bits per heavy atom. The molecule has 2 rings (SSSR count). The molecule has 1 aliphatic rings. The lowest BCUT2D eigenvalue weighted by molar-refractivity contribution is -0.149. The summed E-state index contributed by atoms with van der Waals surface area (Å²) in [7, 11) is 0. The summed E-state index contributed by atoms with van der Waals surface area (Å²) in [6, 6.07) is 5.08. The highest BCUT2D eigenvalue weighted by Crippen LogP contribution is 2.19. The van der Waals surface area contributed by atoms with E-state index in [2.05, 4.69) is 15.2 Å². The number of nitrogens with zero attached hydrogens (tertiary/aromatic N) is 2. The van der Waals surface area contributed by atoms with Crippen molar-refractivity contribution in [3.05, 3.63) is 35.1 Å². The number of hydrogen-bond acceptors (Lipinski definition) is 3. The Balaban J connectivity index is 0.00000338. The van der Waals surface area contributed by atoms with E-state index in [-0.39, 0.29) is 41.7 Å². The minimum Gasteiger partial charge on any atom is -0.466 e. The summed E-state index contributed by atoms with van der Waals surface area (Å²) < 4.78 is 18.5. The molecule has 7 heteroatoms. The molecule has 1 fully saturated rings. The van der Waals surface area contributed by atoms with E-state index < -0.39 is 0 Å². The van der Waals surface area contributed by atoms with Crippen molar-refractivity contribution in [2.24, 2.45) is 10.9 Å². The van der Waals surface area contributed by atoms with Crippen LogP contribution in [0, 0.1) is 18.7 Å². The van der Waals surface area contributed by atoms with E-state index in [1.165, 1.54) is 6.07 Å². The van der Waals surface area contributed by atoms with Gasteiger partial charge in [0, 0.05) is 19.6 Å². The maximum absolute atomic E-state index is 13.4. The van der Waals surface area contributed by atoms with Gasteiger partial charge in [-0.2, -0.15) is 0 Å². The highest BCUT2D eigenvalue weighted by molar-refractivity contribution is 14.0. The highest BCUT2D eigenvalue weighted by Gasteiger charge is 2.27. The van der Waals surface area contributed by atoms with Crippen molar-refractivity contribution in [3.63, 3.8) is 0 Å². The largest absolute Gasteiger partial charge is 0.466 e. The Bertz CT molecular complexity index is 617. The Morgan fingerprint density at radius 3 is 2.62 bits per heavy atom. The van der Waals surface area contributed by atoms with Crippen molar-refractivity contribution in [2.45, 2.75) is 40.2 Å². The minimum atomic E-state index is -0.194. The van der Waals surface area contributed by atoms with Crippen molar-refractivity contribution in [1.82, 2.24) is 10.2 Å². The molecule has 0 saturated carbocycles. The molecular weight excluding hydrogens is 448 g/mol. The third kappa shape index (κ3) is 6.41. The maximum Gasteiger partial charge on any atom is 0.309 e. The van der Waals surface area contributed by atoms with E-state index in [0.717, 1.165) is 44.0 Å². The van der Waals surface area contributed by atoms with Crippen molar-refractivity contribution >= 4 is 35.9 Å². The number of guanidine groups is 1. The molecule has 0 atom stereocenters. The summed E-state index contributed by atoms with van der Waals surface area (Å²) in [6.45, 7) is 8.88. The maximum atomic E-state index is 13.4. The molecule has 26 heavy (non-hydrogen) atoms. The average molecular weight is 477 g/mol. The van der Waals surface area contributed by atoms with E-state index in [1.54, 1.807) is 13.0 Å². The quantitative estimate of drug-likeness (QED) is 0.306. The van der Waals surface area contributed by atoms with Crippen molar-refractivity contribution in [3.8, 4) is 0 Å². The number of rotatable bonds is 5. The fraction of sp³-hybridized carbons (Fsp3) is 0.579. The number of benzene rings is 1. The molecule has 1 aromatic rings. The normalized spacial score (nSPS) is 15.4. The van der Waals surface area contributed by atoms with Crippen LogP contribution in [0.3, 0.4) is 0 Å². The number of ether oxygens (including phenoxy) is 1. The van der Waals surface area contributed by atoms with E-state index in [1.807, 2.05) is 19.9 Å². The molecule has 1 aromatic carbocycles. The van der Waals surface area contributed by atoms with Crippen LogP contribution in [0.5, 0.6) is 0 Å². The number of carbonyl (C=O) groups is 1. The summed E-state index contributed by atoms with van der Waals surface area (Å²) >= 11 is 0.